The molecule has 0 fully saturated rings. The summed E-state index contributed by atoms with van der Waals surface area (Å²) in [6.45, 7) is 1.86. The van der Waals surface area contributed by atoms with E-state index in [0.29, 0.717) is 5.56 Å². The second-order valence-electron chi connectivity index (χ2n) is 5.77. The van der Waals surface area contributed by atoms with Gasteiger partial charge >= 0.3 is 11.8 Å². The molecule has 0 aromatic heterocycles. The molecule has 0 unspecified atom stereocenters. The van der Waals surface area contributed by atoms with Crippen molar-refractivity contribution in [3.63, 3.8) is 0 Å². The monoisotopic (exact) mass is 344 g/mol. The van der Waals surface area contributed by atoms with E-state index in [1.165, 1.54) is 13.2 Å². The van der Waals surface area contributed by atoms with E-state index in [9.17, 15) is 14.0 Å². The largest absolute Gasteiger partial charge is 0.372 e. The van der Waals surface area contributed by atoms with Crippen LogP contribution in [0.25, 0.3) is 0 Å². The van der Waals surface area contributed by atoms with Crippen LogP contribution in [0.4, 0.5) is 4.39 Å². The van der Waals surface area contributed by atoms with Gasteiger partial charge in [0.05, 0.1) is 6.54 Å². The zero-order valence-corrected chi connectivity index (χ0v) is 14.2. The maximum Gasteiger partial charge on any atom is 0.309 e. The number of ether oxygens (including phenoxy) is 1. The SMILES string of the molecule is CO[C@](C)(CNC(=O)C(=O)NCc1ccccc1)c1ccccc1F. The van der Waals surface area contributed by atoms with E-state index in [0.717, 1.165) is 5.56 Å². The van der Waals surface area contributed by atoms with Crippen LogP contribution >= 0.6 is 0 Å². The summed E-state index contributed by atoms with van der Waals surface area (Å²) in [5.41, 5.74) is 0.111. The lowest BCUT2D eigenvalue weighted by molar-refractivity contribution is -0.140. The van der Waals surface area contributed by atoms with Gasteiger partial charge in [-0.1, -0.05) is 48.5 Å². The summed E-state index contributed by atoms with van der Waals surface area (Å²) < 4.78 is 19.4. The molecule has 0 aliphatic heterocycles. The lowest BCUT2D eigenvalue weighted by atomic mass is 9.95. The van der Waals surface area contributed by atoms with Crippen LogP contribution < -0.4 is 10.6 Å². The highest BCUT2D eigenvalue weighted by atomic mass is 19.1. The van der Waals surface area contributed by atoms with Crippen molar-refractivity contribution in [3.05, 3.63) is 71.5 Å². The molecule has 2 aromatic rings. The Morgan fingerprint density at radius 1 is 1.00 bits per heavy atom. The molecule has 2 aromatic carbocycles. The fourth-order valence-electron chi connectivity index (χ4n) is 2.36. The normalized spacial score (nSPS) is 12.9. The van der Waals surface area contributed by atoms with E-state index >= 15 is 0 Å². The number of amides is 2. The predicted octanol–water partition coefficient (Wildman–Crippen LogP) is 2.12. The van der Waals surface area contributed by atoms with Gasteiger partial charge in [-0.2, -0.15) is 0 Å². The highest BCUT2D eigenvalue weighted by Crippen LogP contribution is 2.26. The van der Waals surface area contributed by atoms with Crippen LogP contribution in [0.2, 0.25) is 0 Å². The minimum atomic E-state index is -1.08. The van der Waals surface area contributed by atoms with Gasteiger partial charge in [-0.05, 0) is 18.6 Å². The second kappa shape index (κ2) is 8.39. The first-order valence-corrected chi connectivity index (χ1v) is 7.86. The average molecular weight is 344 g/mol. The molecule has 0 radical (unpaired) electrons. The Morgan fingerprint density at radius 2 is 1.60 bits per heavy atom. The van der Waals surface area contributed by atoms with Crippen molar-refractivity contribution in [3.8, 4) is 0 Å². The molecule has 2 rings (SSSR count). The maximum absolute atomic E-state index is 14.0. The summed E-state index contributed by atoms with van der Waals surface area (Å²) in [4.78, 5) is 23.9. The van der Waals surface area contributed by atoms with Crippen LogP contribution in [0.5, 0.6) is 0 Å². The second-order valence-corrected chi connectivity index (χ2v) is 5.77. The fraction of sp³-hybridized carbons (Fsp3) is 0.263. The molecular weight excluding hydrogens is 323 g/mol. The zero-order valence-electron chi connectivity index (χ0n) is 14.2. The van der Waals surface area contributed by atoms with Crippen molar-refractivity contribution in [2.45, 2.75) is 19.1 Å². The van der Waals surface area contributed by atoms with Gasteiger partial charge in [-0.25, -0.2) is 4.39 Å². The Bertz CT molecular complexity index is 736. The lowest BCUT2D eigenvalue weighted by Gasteiger charge is -2.29. The van der Waals surface area contributed by atoms with Crippen LogP contribution in [0.1, 0.15) is 18.1 Å². The van der Waals surface area contributed by atoms with Gasteiger partial charge in [0.15, 0.2) is 0 Å². The van der Waals surface area contributed by atoms with Gasteiger partial charge < -0.3 is 15.4 Å². The van der Waals surface area contributed by atoms with Crippen molar-refractivity contribution in [1.29, 1.82) is 0 Å². The highest BCUT2D eigenvalue weighted by molar-refractivity contribution is 6.35. The smallest absolute Gasteiger partial charge is 0.309 e. The summed E-state index contributed by atoms with van der Waals surface area (Å²) in [6.07, 6.45) is 0. The number of carbonyl (C=O) groups excluding carboxylic acids is 2. The number of rotatable bonds is 6. The van der Waals surface area contributed by atoms with Crippen LogP contribution in [-0.2, 0) is 26.5 Å². The standard InChI is InChI=1S/C19H21FN2O3/c1-19(25-2,15-10-6-7-11-16(15)20)13-22-18(24)17(23)21-12-14-8-4-3-5-9-14/h3-11H,12-13H2,1-2H3,(H,21,23)(H,22,24)/t19-/m1/s1. The first-order valence-electron chi connectivity index (χ1n) is 7.86. The fourth-order valence-corrected chi connectivity index (χ4v) is 2.36. The molecular formula is C19H21FN2O3. The van der Waals surface area contributed by atoms with Crippen molar-refractivity contribution in [2.24, 2.45) is 0 Å². The summed E-state index contributed by atoms with van der Waals surface area (Å²) in [7, 11) is 1.42. The average Bonchev–Trinajstić information content (AvgIpc) is 2.65. The number of carbonyl (C=O) groups is 2. The summed E-state index contributed by atoms with van der Waals surface area (Å²) in [6, 6.07) is 15.4. The van der Waals surface area contributed by atoms with Crippen molar-refractivity contribution >= 4 is 11.8 Å². The van der Waals surface area contributed by atoms with E-state index in [4.69, 9.17) is 4.74 Å². The maximum atomic E-state index is 14.0. The Hall–Kier alpha value is -2.73. The zero-order chi connectivity index (χ0) is 18.3. The molecule has 132 valence electrons. The van der Waals surface area contributed by atoms with Gasteiger partial charge in [0.25, 0.3) is 0 Å². The molecule has 0 aliphatic rings. The van der Waals surface area contributed by atoms with Gasteiger partial charge in [-0.3, -0.25) is 9.59 Å². The number of benzene rings is 2. The van der Waals surface area contributed by atoms with E-state index < -0.39 is 23.2 Å². The van der Waals surface area contributed by atoms with Crippen LogP contribution in [-0.4, -0.2) is 25.5 Å². The van der Waals surface area contributed by atoms with Crippen LogP contribution in [0.15, 0.2) is 54.6 Å². The van der Waals surface area contributed by atoms with E-state index in [2.05, 4.69) is 10.6 Å². The molecule has 0 saturated carbocycles. The van der Waals surface area contributed by atoms with Gasteiger partial charge in [-0.15, -0.1) is 0 Å². The van der Waals surface area contributed by atoms with Crippen molar-refractivity contribution in [2.75, 3.05) is 13.7 Å². The molecule has 0 aliphatic carbocycles. The third-order valence-corrected chi connectivity index (χ3v) is 3.98. The molecule has 0 bridgehead atoms. The Morgan fingerprint density at radius 3 is 2.24 bits per heavy atom. The molecule has 25 heavy (non-hydrogen) atoms. The summed E-state index contributed by atoms with van der Waals surface area (Å²) >= 11 is 0. The van der Waals surface area contributed by atoms with E-state index in [-0.39, 0.29) is 13.1 Å². The van der Waals surface area contributed by atoms with E-state index in [1.807, 2.05) is 30.3 Å². The lowest BCUT2D eigenvalue weighted by Crippen LogP contribution is -2.46. The third kappa shape index (κ3) is 4.87. The Balaban J connectivity index is 1.93. The summed E-state index contributed by atoms with van der Waals surface area (Å²) in [5.74, 6) is -1.99. The van der Waals surface area contributed by atoms with Gasteiger partial charge in [0.1, 0.15) is 11.4 Å². The van der Waals surface area contributed by atoms with Crippen LogP contribution in [0.3, 0.4) is 0 Å². The molecule has 1 atom stereocenters. The van der Waals surface area contributed by atoms with Crippen LogP contribution in [0, 0.1) is 5.82 Å². The first kappa shape index (κ1) is 18.6. The number of methoxy groups -OCH3 is 1. The topological polar surface area (TPSA) is 67.4 Å². The molecule has 0 saturated heterocycles. The quantitative estimate of drug-likeness (QED) is 0.789. The molecule has 6 heteroatoms. The Labute approximate surface area is 146 Å². The number of nitrogens with one attached hydrogen (secondary N) is 2. The number of halogens is 1. The minimum Gasteiger partial charge on any atom is -0.372 e. The predicted molar refractivity (Wildman–Crippen MR) is 92.1 cm³/mol. The molecule has 2 N–H and O–H groups in total. The van der Waals surface area contributed by atoms with Crippen molar-refractivity contribution in [1.82, 2.24) is 10.6 Å². The minimum absolute atomic E-state index is 0.0397. The Kier molecular flexibility index (Phi) is 6.25. The number of hydrogen-bond acceptors (Lipinski definition) is 3. The number of hydrogen-bond donors (Lipinski definition) is 2. The molecule has 5 nitrogen and oxygen atoms in total. The summed E-state index contributed by atoms with van der Waals surface area (Å²) in [5, 5.41) is 5.03. The first-order chi connectivity index (χ1) is 12.0. The molecule has 0 heterocycles. The van der Waals surface area contributed by atoms with E-state index in [1.54, 1.807) is 25.1 Å². The van der Waals surface area contributed by atoms with Gasteiger partial charge in [0, 0.05) is 19.2 Å². The highest BCUT2D eigenvalue weighted by Gasteiger charge is 2.30. The van der Waals surface area contributed by atoms with Gasteiger partial charge in [0.2, 0.25) is 0 Å². The molecule has 2 amide bonds. The third-order valence-electron chi connectivity index (χ3n) is 3.98. The van der Waals surface area contributed by atoms with Crippen molar-refractivity contribution < 1.29 is 18.7 Å². The molecule has 0 spiro atoms.